The summed E-state index contributed by atoms with van der Waals surface area (Å²) in [6.07, 6.45) is -0.890. The van der Waals surface area contributed by atoms with Crippen LogP contribution >= 0.6 is 0 Å². The summed E-state index contributed by atoms with van der Waals surface area (Å²) in [5.74, 6) is -0.656. The number of fused-ring (bicyclic) bond motifs is 1. The van der Waals surface area contributed by atoms with Crippen LogP contribution in [0.3, 0.4) is 0 Å². The first kappa shape index (κ1) is 18.9. The summed E-state index contributed by atoms with van der Waals surface area (Å²) in [6, 6.07) is 21.6. The zero-order valence-corrected chi connectivity index (χ0v) is 15.2. The maximum absolute atomic E-state index is 12.2. The van der Waals surface area contributed by atoms with Gasteiger partial charge in [0, 0.05) is 11.1 Å². The molecule has 0 unspecified atom stereocenters. The van der Waals surface area contributed by atoms with Gasteiger partial charge in [-0.15, -0.1) is 0 Å². The van der Waals surface area contributed by atoms with E-state index in [0.29, 0.717) is 17.0 Å². The largest absolute Gasteiger partial charge is 0.479 e. The van der Waals surface area contributed by atoms with Gasteiger partial charge in [0.15, 0.2) is 12.7 Å². The molecule has 1 atom stereocenters. The van der Waals surface area contributed by atoms with E-state index in [1.807, 2.05) is 42.5 Å². The van der Waals surface area contributed by atoms with Gasteiger partial charge >= 0.3 is 5.97 Å². The highest BCUT2D eigenvalue weighted by molar-refractivity contribution is 6.02. The van der Waals surface area contributed by atoms with Crippen molar-refractivity contribution in [2.75, 3.05) is 11.9 Å². The highest BCUT2D eigenvalue weighted by Crippen LogP contribution is 2.22. The number of carbonyl (C=O) groups is 2. The molecule has 0 radical (unpaired) electrons. The van der Waals surface area contributed by atoms with Crippen LogP contribution in [0.25, 0.3) is 10.8 Å². The second-order valence-corrected chi connectivity index (χ2v) is 6.08. The SMILES string of the molecule is C[C@H](Oc1ccc(C#N)cc1)C(=O)OCC(=O)Nc1cccc2ccccc12. The summed E-state index contributed by atoms with van der Waals surface area (Å²) in [5.41, 5.74) is 1.15. The smallest absolute Gasteiger partial charge is 0.347 e. The van der Waals surface area contributed by atoms with E-state index in [0.717, 1.165) is 10.8 Å². The third-order valence-corrected chi connectivity index (χ3v) is 4.04. The minimum absolute atomic E-state index is 0.414. The number of anilines is 1. The molecule has 6 nitrogen and oxygen atoms in total. The lowest BCUT2D eigenvalue weighted by molar-refractivity contribution is -0.153. The molecule has 0 aliphatic carbocycles. The van der Waals surface area contributed by atoms with Crippen LogP contribution in [0.15, 0.2) is 66.7 Å². The molecule has 0 saturated heterocycles. The average Bonchev–Trinajstić information content (AvgIpc) is 2.73. The summed E-state index contributed by atoms with van der Waals surface area (Å²) >= 11 is 0. The first-order valence-electron chi connectivity index (χ1n) is 8.68. The van der Waals surface area contributed by atoms with E-state index in [4.69, 9.17) is 14.7 Å². The van der Waals surface area contributed by atoms with Crippen molar-refractivity contribution in [3.8, 4) is 11.8 Å². The number of hydrogen-bond donors (Lipinski definition) is 1. The Labute approximate surface area is 162 Å². The van der Waals surface area contributed by atoms with E-state index in [-0.39, 0.29) is 0 Å². The van der Waals surface area contributed by atoms with Gasteiger partial charge in [-0.25, -0.2) is 4.79 Å². The fraction of sp³-hybridized carbons (Fsp3) is 0.136. The van der Waals surface area contributed by atoms with Gasteiger partial charge in [0.1, 0.15) is 5.75 Å². The molecule has 0 aliphatic rings. The predicted molar refractivity (Wildman–Crippen MR) is 105 cm³/mol. The molecule has 6 heteroatoms. The standard InChI is InChI=1S/C22H18N2O4/c1-15(28-18-11-9-16(13-23)10-12-18)22(26)27-14-21(25)24-20-8-4-6-17-5-2-3-7-19(17)20/h2-12,15H,14H2,1H3,(H,24,25)/t15-/m0/s1. The van der Waals surface area contributed by atoms with Crippen molar-refractivity contribution >= 4 is 28.3 Å². The molecule has 3 aromatic carbocycles. The molecule has 0 aliphatic heterocycles. The Hall–Kier alpha value is -3.85. The molecule has 0 spiro atoms. The average molecular weight is 374 g/mol. The van der Waals surface area contributed by atoms with Gasteiger partial charge < -0.3 is 14.8 Å². The van der Waals surface area contributed by atoms with E-state index in [2.05, 4.69) is 5.32 Å². The van der Waals surface area contributed by atoms with E-state index in [9.17, 15) is 9.59 Å². The highest BCUT2D eigenvalue weighted by atomic mass is 16.6. The van der Waals surface area contributed by atoms with Crippen molar-refractivity contribution in [3.05, 3.63) is 72.3 Å². The number of benzene rings is 3. The molecule has 1 amide bonds. The van der Waals surface area contributed by atoms with Crippen LogP contribution in [0.4, 0.5) is 5.69 Å². The molecular formula is C22H18N2O4. The van der Waals surface area contributed by atoms with Crippen molar-refractivity contribution in [1.82, 2.24) is 0 Å². The van der Waals surface area contributed by atoms with Crippen LogP contribution in [0.2, 0.25) is 0 Å². The van der Waals surface area contributed by atoms with Crippen molar-refractivity contribution in [3.63, 3.8) is 0 Å². The molecule has 0 bridgehead atoms. The Morgan fingerprint density at radius 1 is 1.04 bits per heavy atom. The monoisotopic (exact) mass is 374 g/mol. The fourth-order valence-electron chi connectivity index (χ4n) is 2.64. The predicted octanol–water partition coefficient (Wildman–Crippen LogP) is 3.66. The van der Waals surface area contributed by atoms with Crippen LogP contribution in [0, 0.1) is 11.3 Å². The molecule has 28 heavy (non-hydrogen) atoms. The second-order valence-electron chi connectivity index (χ2n) is 6.08. The lowest BCUT2D eigenvalue weighted by atomic mass is 10.1. The number of hydrogen-bond acceptors (Lipinski definition) is 5. The van der Waals surface area contributed by atoms with E-state index < -0.39 is 24.6 Å². The van der Waals surface area contributed by atoms with Crippen molar-refractivity contribution in [1.29, 1.82) is 5.26 Å². The zero-order chi connectivity index (χ0) is 19.9. The number of amides is 1. The third-order valence-electron chi connectivity index (χ3n) is 4.04. The Morgan fingerprint density at radius 3 is 2.50 bits per heavy atom. The normalized spacial score (nSPS) is 11.3. The molecular weight excluding hydrogens is 356 g/mol. The van der Waals surface area contributed by atoms with Gasteiger partial charge in [0.2, 0.25) is 0 Å². The number of carbonyl (C=O) groups excluding carboxylic acids is 2. The van der Waals surface area contributed by atoms with Crippen molar-refractivity contribution in [2.45, 2.75) is 13.0 Å². The van der Waals surface area contributed by atoms with Gasteiger partial charge in [0.05, 0.1) is 11.6 Å². The summed E-state index contributed by atoms with van der Waals surface area (Å²) in [7, 11) is 0. The number of ether oxygens (including phenoxy) is 2. The van der Waals surface area contributed by atoms with Crippen LogP contribution < -0.4 is 10.1 Å². The quantitative estimate of drug-likeness (QED) is 0.665. The fourth-order valence-corrected chi connectivity index (χ4v) is 2.64. The number of nitrogens with zero attached hydrogens (tertiary/aromatic N) is 1. The molecule has 0 heterocycles. The first-order valence-corrected chi connectivity index (χ1v) is 8.68. The summed E-state index contributed by atoms with van der Waals surface area (Å²) in [6.45, 7) is 1.12. The van der Waals surface area contributed by atoms with Crippen LogP contribution in [0.5, 0.6) is 5.75 Å². The van der Waals surface area contributed by atoms with Crippen molar-refractivity contribution < 1.29 is 19.1 Å². The lowest BCUT2D eigenvalue weighted by Crippen LogP contribution is -2.29. The summed E-state index contributed by atoms with van der Waals surface area (Å²) < 4.78 is 10.5. The molecule has 3 rings (SSSR count). The summed E-state index contributed by atoms with van der Waals surface area (Å²) in [5, 5.41) is 13.4. The topological polar surface area (TPSA) is 88.4 Å². The maximum atomic E-state index is 12.2. The van der Waals surface area contributed by atoms with Gasteiger partial charge in [-0.2, -0.15) is 5.26 Å². The molecule has 0 aromatic heterocycles. The number of esters is 1. The zero-order valence-electron chi connectivity index (χ0n) is 15.2. The Kier molecular flexibility index (Phi) is 5.87. The van der Waals surface area contributed by atoms with Gasteiger partial charge in [-0.05, 0) is 42.6 Å². The highest BCUT2D eigenvalue weighted by Gasteiger charge is 2.18. The minimum Gasteiger partial charge on any atom is -0.479 e. The van der Waals surface area contributed by atoms with E-state index in [1.54, 1.807) is 30.3 Å². The van der Waals surface area contributed by atoms with Gasteiger partial charge in [0.25, 0.3) is 5.91 Å². The number of nitrogens with one attached hydrogen (secondary N) is 1. The first-order chi connectivity index (χ1) is 13.6. The maximum Gasteiger partial charge on any atom is 0.347 e. The molecule has 0 fully saturated rings. The molecule has 1 N–H and O–H groups in total. The third kappa shape index (κ3) is 4.65. The van der Waals surface area contributed by atoms with E-state index >= 15 is 0 Å². The molecule has 3 aromatic rings. The number of nitriles is 1. The molecule has 0 saturated carbocycles. The van der Waals surface area contributed by atoms with E-state index in [1.165, 1.54) is 6.92 Å². The lowest BCUT2D eigenvalue weighted by Gasteiger charge is -2.14. The minimum atomic E-state index is -0.890. The Morgan fingerprint density at radius 2 is 1.75 bits per heavy atom. The second kappa shape index (κ2) is 8.69. The van der Waals surface area contributed by atoms with Gasteiger partial charge in [-0.3, -0.25) is 4.79 Å². The molecule has 140 valence electrons. The number of rotatable bonds is 6. The van der Waals surface area contributed by atoms with Gasteiger partial charge in [-0.1, -0.05) is 36.4 Å². The van der Waals surface area contributed by atoms with Crippen LogP contribution in [0.1, 0.15) is 12.5 Å². The summed E-state index contributed by atoms with van der Waals surface area (Å²) in [4.78, 5) is 24.2. The van der Waals surface area contributed by atoms with Crippen molar-refractivity contribution in [2.24, 2.45) is 0 Å². The van der Waals surface area contributed by atoms with Crippen LogP contribution in [-0.2, 0) is 14.3 Å². The van der Waals surface area contributed by atoms with Crippen LogP contribution in [-0.4, -0.2) is 24.6 Å². The Balaban J connectivity index is 1.53. The Bertz CT molecular complexity index is 1030.